The second-order valence-electron chi connectivity index (χ2n) is 8.89. The predicted octanol–water partition coefficient (Wildman–Crippen LogP) is 6.91. The summed E-state index contributed by atoms with van der Waals surface area (Å²) in [4.78, 5) is 16.3. The lowest BCUT2D eigenvalue weighted by atomic mass is 9.77. The molecule has 2 aliphatic rings. The van der Waals surface area contributed by atoms with Crippen LogP contribution in [0.25, 0.3) is 16.8 Å². The van der Waals surface area contributed by atoms with E-state index in [0.29, 0.717) is 0 Å². The molecule has 0 saturated carbocycles. The summed E-state index contributed by atoms with van der Waals surface area (Å²) >= 11 is 0. The molecule has 1 aliphatic heterocycles. The van der Waals surface area contributed by atoms with Crippen LogP contribution in [0.5, 0.6) is 0 Å². The van der Waals surface area contributed by atoms with Crippen molar-refractivity contribution in [2.45, 2.75) is 24.9 Å². The average molecular weight is 416 g/mol. The SMILES string of the molecule is C[C@@H](c1cccc2ccccc12)N1C(=O)[C@@H]2c3ccccc3C=C[C@@H]2[C@H]1c1ccccc1. The van der Waals surface area contributed by atoms with Gasteiger partial charge in [-0.05, 0) is 39.9 Å². The van der Waals surface area contributed by atoms with Gasteiger partial charge in [0.2, 0.25) is 5.91 Å². The molecule has 1 saturated heterocycles. The summed E-state index contributed by atoms with van der Waals surface area (Å²) in [7, 11) is 0. The molecule has 1 heterocycles. The monoisotopic (exact) mass is 415 g/mol. The molecule has 2 heteroatoms. The van der Waals surface area contributed by atoms with Gasteiger partial charge in [-0.1, -0.05) is 109 Å². The van der Waals surface area contributed by atoms with Gasteiger partial charge in [-0.15, -0.1) is 0 Å². The Kier molecular flexibility index (Phi) is 4.46. The highest BCUT2D eigenvalue weighted by Crippen LogP contribution is 2.53. The van der Waals surface area contributed by atoms with Crippen LogP contribution in [0.15, 0.2) is 103 Å². The van der Waals surface area contributed by atoms with E-state index in [2.05, 4.69) is 109 Å². The van der Waals surface area contributed by atoms with Crippen molar-refractivity contribution >= 4 is 22.8 Å². The first-order chi connectivity index (χ1) is 15.7. The van der Waals surface area contributed by atoms with Gasteiger partial charge in [0.15, 0.2) is 0 Å². The van der Waals surface area contributed by atoms with E-state index in [4.69, 9.17) is 0 Å². The minimum absolute atomic E-state index is 0.00674. The summed E-state index contributed by atoms with van der Waals surface area (Å²) in [5.41, 5.74) is 4.71. The van der Waals surface area contributed by atoms with Gasteiger partial charge in [0.25, 0.3) is 0 Å². The zero-order valence-corrected chi connectivity index (χ0v) is 18.1. The maximum absolute atomic E-state index is 14.1. The maximum atomic E-state index is 14.1. The van der Waals surface area contributed by atoms with E-state index in [-0.39, 0.29) is 29.8 Å². The standard InChI is InChI=1S/C30H25NO/c1-20(24-17-9-14-21-10-5-7-15-25(21)24)31-29(23-12-3-2-4-13-23)27-19-18-22-11-6-8-16-26(22)28(27)30(31)32/h2-20,27-29H,1H3/t20-,27-,28+,29+/m0/s1. The third-order valence-electron chi connectivity index (χ3n) is 7.23. The van der Waals surface area contributed by atoms with Crippen molar-refractivity contribution < 1.29 is 4.79 Å². The van der Waals surface area contributed by atoms with Crippen molar-refractivity contribution in [3.8, 4) is 0 Å². The molecule has 4 atom stereocenters. The van der Waals surface area contributed by atoms with Crippen LogP contribution in [0, 0.1) is 5.92 Å². The average Bonchev–Trinajstić information content (AvgIpc) is 3.16. The van der Waals surface area contributed by atoms with Gasteiger partial charge >= 0.3 is 0 Å². The van der Waals surface area contributed by atoms with Crippen LogP contribution in [0.1, 0.15) is 47.2 Å². The van der Waals surface area contributed by atoms with Crippen molar-refractivity contribution in [3.05, 3.63) is 125 Å². The van der Waals surface area contributed by atoms with E-state index in [1.807, 2.05) is 12.1 Å². The molecule has 0 bridgehead atoms. The van der Waals surface area contributed by atoms with Crippen LogP contribution in [0.4, 0.5) is 0 Å². The molecule has 1 aliphatic carbocycles. The van der Waals surface area contributed by atoms with Crippen LogP contribution >= 0.6 is 0 Å². The fourth-order valence-corrected chi connectivity index (χ4v) is 5.78. The van der Waals surface area contributed by atoms with Gasteiger partial charge in [-0.3, -0.25) is 4.79 Å². The third kappa shape index (κ3) is 2.83. The number of rotatable bonds is 3. The molecule has 0 N–H and O–H groups in total. The lowest BCUT2D eigenvalue weighted by Crippen LogP contribution is -2.32. The molecule has 32 heavy (non-hydrogen) atoms. The molecule has 156 valence electrons. The highest BCUT2D eigenvalue weighted by Gasteiger charge is 2.51. The van der Waals surface area contributed by atoms with Crippen molar-refractivity contribution in [2.75, 3.05) is 0 Å². The number of carbonyl (C=O) groups is 1. The number of hydrogen-bond donors (Lipinski definition) is 0. The molecular weight excluding hydrogens is 390 g/mol. The van der Waals surface area contributed by atoms with Crippen LogP contribution < -0.4 is 0 Å². The van der Waals surface area contributed by atoms with Crippen molar-refractivity contribution in [2.24, 2.45) is 5.92 Å². The molecule has 1 amide bonds. The van der Waals surface area contributed by atoms with E-state index < -0.39 is 0 Å². The summed E-state index contributed by atoms with van der Waals surface area (Å²) in [5.74, 6) is 0.206. The number of likely N-dealkylation sites (tertiary alicyclic amines) is 1. The first-order valence-electron chi connectivity index (χ1n) is 11.4. The van der Waals surface area contributed by atoms with Crippen LogP contribution in [-0.4, -0.2) is 10.8 Å². The molecular formula is C30H25NO. The Morgan fingerprint density at radius 2 is 1.50 bits per heavy atom. The highest BCUT2D eigenvalue weighted by molar-refractivity contribution is 5.92. The number of amides is 1. The van der Waals surface area contributed by atoms with Crippen LogP contribution in [0.2, 0.25) is 0 Å². The van der Waals surface area contributed by atoms with Gasteiger partial charge in [0, 0.05) is 5.92 Å². The third-order valence-corrected chi connectivity index (χ3v) is 7.23. The van der Waals surface area contributed by atoms with Crippen molar-refractivity contribution in [1.29, 1.82) is 0 Å². The Morgan fingerprint density at radius 3 is 2.38 bits per heavy atom. The minimum Gasteiger partial charge on any atom is -0.328 e. The summed E-state index contributed by atoms with van der Waals surface area (Å²) in [6.45, 7) is 2.18. The topological polar surface area (TPSA) is 20.3 Å². The molecule has 4 aromatic carbocycles. The molecule has 0 unspecified atom stereocenters. The largest absolute Gasteiger partial charge is 0.328 e. The quantitative estimate of drug-likeness (QED) is 0.356. The van der Waals surface area contributed by atoms with Crippen LogP contribution in [0.3, 0.4) is 0 Å². The molecule has 0 spiro atoms. The van der Waals surface area contributed by atoms with E-state index in [0.717, 1.165) is 11.1 Å². The molecule has 6 rings (SSSR count). The minimum atomic E-state index is -0.140. The van der Waals surface area contributed by atoms with E-state index in [1.54, 1.807) is 0 Å². The zero-order valence-electron chi connectivity index (χ0n) is 18.1. The molecule has 1 fully saturated rings. The van der Waals surface area contributed by atoms with Gasteiger partial charge in [-0.25, -0.2) is 0 Å². The number of benzene rings is 4. The fourth-order valence-electron chi connectivity index (χ4n) is 5.78. The number of hydrogen-bond acceptors (Lipinski definition) is 1. The second kappa shape index (κ2) is 7.49. The van der Waals surface area contributed by atoms with Crippen LogP contribution in [-0.2, 0) is 4.79 Å². The fraction of sp³-hybridized carbons (Fsp3) is 0.167. The Bertz CT molecular complexity index is 1330. The lowest BCUT2D eigenvalue weighted by molar-refractivity contribution is -0.132. The Balaban J connectivity index is 1.52. The zero-order chi connectivity index (χ0) is 21.7. The summed E-state index contributed by atoms with van der Waals surface area (Å²) in [6, 6.07) is 33.7. The molecule has 0 radical (unpaired) electrons. The van der Waals surface area contributed by atoms with E-state index >= 15 is 0 Å². The smallest absolute Gasteiger partial charge is 0.231 e. The number of nitrogens with zero attached hydrogens (tertiary/aromatic N) is 1. The van der Waals surface area contributed by atoms with Gasteiger partial charge in [-0.2, -0.15) is 0 Å². The molecule has 0 aromatic heterocycles. The van der Waals surface area contributed by atoms with Gasteiger partial charge in [0.1, 0.15) is 0 Å². The second-order valence-corrected chi connectivity index (χ2v) is 8.89. The highest BCUT2D eigenvalue weighted by atomic mass is 16.2. The van der Waals surface area contributed by atoms with Crippen molar-refractivity contribution in [3.63, 3.8) is 0 Å². The van der Waals surface area contributed by atoms with Gasteiger partial charge < -0.3 is 4.90 Å². The first kappa shape index (κ1) is 19.1. The van der Waals surface area contributed by atoms with E-state index in [9.17, 15) is 4.79 Å². The van der Waals surface area contributed by atoms with Gasteiger partial charge in [0.05, 0.1) is 18.0 Å². The lowest BCUT2D eigenvalue weighted by Gasteiger charge is -2.34. The summed E-state index contributed by atoms with van der Waals surface area (Å²) < 4.78 is 0. The Hall–Kier alpha value is -3.65. The maximum Gasteiger partial charge on any atom is 0.231 e. The predicted molar refractivity (Wildman–Crippen MR) is 130 cm³/mol. The summed E-state index contributed by atoms with van der Waals surface area (Å²) in [5, 5.41) is 2.43. The number of fused-ring (bicyclic) bond motifs is 4. The summed E-state index contributed by atoms with van der Waals surface area (Å²) in [6.07, 6.45) is 4.46. The first-order valence-corrected chi connectivity index (χ1v) is 11.4. The van der Waals surface area contributed by atoms with Crippen molar-refractivity contribution in [1.82, 2.24) is 4.90 Å². The van der Waals surface area contributed by atoms with E-state index in [1.165, 1.54) is 21.9 Å². The Morgan fingerprint density at radius 1 is 0.781 bits per heavy atom. The molecule has 4 aromatic rings. The number of carbonyl (C=O) groups excluding carboxylic acids is 1. The molecule has 2 nitrogen and oxygen atoms in total. The Labute approximate surface area is 188 Å². The normalized spacial score (nSPS) is 22.6.